The Kier molecular flexibility index (Phi) is 2.89. The van der Waals surface area contributed by atoms with Gasteiger partial charge in [0.2, 0.25) is 0 Å². The Morgan fingerprint density at radius 3 is 2.40 bits per heavy atom. The van der Waals surface area contributed by atoms with Crippen LogP contribution in [0.2, 0.25) is 0 Å². The number of aliphatic hydroxyl groups is 1. The van der Waals surface area contributed by atoms with Crippen molar-refractivity contribution in [3.8, 4) is 0 Å². The highest BCUT2D eigenvalue weighted by Crippen LogP contribution is 2.67. The first-order chi connectivity index (χ1) is 9.49. The minimum atomic E-state index is -0.321. The molecule has 0 aliphatic heterocycles. The molecule has 0 radical (unpaired) electrons. The van der Waals surface area contributed by atoms with Crippen LogP contribution < -0.4 is 0 Å². The molecule has 0 aromatic heterocycles. The number of hydrogen-bond acceptors (Lipinski definition) is 1. The predicted octanol–water partition coefficient (Wildman–Crippen LogP) is 4.92. The van der Waals surface area contributed by atoms with Gasteiger partial charge in [-0.05, 0) is 80.0 Å². The highest BCUT2D eigenvalue weighted by atomic mass is 16.3. The summed E-state index contributed by atoms with van der Waals surface area (Å²) in [4.78, 5) is 0. The molecular formula is C19H32O. The van der Waals surface area contributed by atoms with Gasteiger partial charge in [0, 0.05) is 0 Å². The second-order valence-corrected chi connectivity index (χ2v) is 9.16. The molecule has 0 aromatic carbocycles. The van der Waals surface area contributed by atoms with E-state index in [9.17, 15) is 5.11 Å². The number of rotatable bonds is 0. The van der Waals surface area contributed by atoms with E-state index in [1.807, 2.05) is 0 Å². The van der Waals surface area contributed by atoms with Crippen molar-refractivity contribution in [2.45, 2.75) is 90.1 Å². The molecule has 4 fully saturated rings. The highest BCUT2D eigenvalue weighted by molar-refractivity contribution is 5.12. The summed E-state index contributed by atoms with van der Waals surface area (Å²) in [5.41, 5.74) is 0.568. The zero-order chi connectivity index (χ0) is 14.0. The van der Waals surface area contributed by atoms with E-state index in [1.165, 1.54) is 57.8 Å². The fourth-order valence-corrected chi connectivity index (χ4v) is 7.25. The molecule has 114 valence electrons. The van der Waals surface area contributed by atoms with Gasteiger partial charge in [0.05, 0.1) is 5.60 Å². The average molecular weight is 276 g/mol. The van der Waals surface area contributed by atoms with Crippen LogP contribution in [0.25, 0.3) is 0 Å². The molecule has 4 rings (SSSR count). The van der Waals surface area contributed by atoms with Crippen LogP contribution in [-0.2, 0) is 0 Å². The maximum Gasteiger partial charge on any atom is 0.0703 e. The van der Waals surface area contributed by atoms with E-state index >= 15 is 0 Å². The van der Waals surface area contributed by atoms with E-state index in [0.29, 0.717) is 5.41 Å². The van der Waals surface area contributed by atoms with Crippen molar-refractivity contribution in [3.63, 3.8) is 0 Å². The number of hydrogen-bond donors (Lipinski definition) is 1. The van der Waals surface area contributed by atoms with Crippen LogP contribution in [0, 0.1) is 28.6 Å². The monoisotopic (exact) mass is 276 g/mol. The van der Waals surface area contributed by atoms with Crippen molar-refractivity contribution in [2.75, 3.05) is 0 Å². The molecule has 0 saturated heterocycles. The number of fused-ring (bicyclic) bond motifs is 5. The molecule has 0 spiro atoms. The lowest BCUT2D eigenvalue weighted by Gasteiger charge is -2.63. The molecule has 0 heterocycles. The van der Waals surface area contributed by atoms with Crippen LogP contribution in [0.5, 0.6) is 0 Å². The first-order valence-corrected chi connectivity index (χ1v) is 9.21. The summed E-state index contributed by atoms with van der Waals surface area (Å²) in [5, 5.41) is 11.3. The minimum absolute atomic E-state index is 0.234. The van der Waals surface area contributed by atoms with E-state index in [2.05, 4.69) is 13.8 Å². The Labute approximate surface area is 124 Å². The summed E-state index contributed by atoms with van der Waals surface area (Å²) in [7, 11) is 0. The molecule has 20 heavy (non-hydrogen) atoms. The molecule has 0 amide bonds. The average Bonchev–Trinajstić information content (AvgIpc) is 2.81. The third-order valence-electron chi connectivity index (χ3n) is 8.53. The first-order valence-electron chi connectivity index (χ1n) is 9.21. The van der Waals surface area contributed by atoms with E-state index in [-0.39, 0.29) is 11.0 Å². The van der Waals surface area contributed by atoms with Crippen molar-refractivity contribution in [1.82, 2.24) is 0 Å². The zero-order valence-electron chi connectivity index (χ0n) is 13.5. The van der Waals surface area contributed by atoms with Gasteiger partial charge in [-0.2, -0.15) is 0 Å². The molecule has 4 saturated carbocycles. The molecule has 6 atom stereocenters. The minimum Gasteiger partial charge on any atom is -0.389 e. The van der Waals surface area contributed by atoms with Crippen LogP contribution >= 0.6 is 0 Å². The van der Waals surface area contributed by atoms with Gasteiger partial charge in [-0.3, -0.25) is 0 Å². The molecule has 0 bridgehead atoms. The Morgan fingerprint density at radius 1 is 0.750 bits per heavy atom. The summed E-state index contributed by atoms with van der Waals surface area (Å²) in [5.74, 6) is 2.72. The van der Waals surface area contributed by atoms with E-state index in [4.69, 9.17) is 0 Å². The van der Waals surface area contributed by atoms with Gasteiger partial charge in [0.1, 0.15) is 0 Å². The Hall–Kier alpha value is -0.0400. The zero-order valence-corrected chi connectivity index (χ0v) is 13.5. The lowest BCUT2D eigenvalue weighted by atomic mass is 9.44. The maximum atomic E-state index is 11.3. The second-order valence-electron chi connectivity index (χ2n) is 9.16. The summed E-state index contributed by atoms with van der Waals surface area (Å²) in [6.07, 6.45) is 14.6. The largest absolute Gasteiger partial charge is 0.389 e. The van der Waals surface area contributed by atoms with E-state index in [1.54, 1.807) is 0 Å². The lowest BCUT2D eigenvalue weighted by Crippen LogP contribution is -2.60. The highest BCUT2D eigenvalue weighted by Gasteiger charge is 2.61. The molecule has 1 unspecified atom stereocenters. The second kappa shape index (κ2) is 4.24. The van der Waals surface area contributed by atoms with Gasteiger partial charge in [-0.25, -0.2) is 0 Å². The van der Waals surface area contributed by atoms with E-state index < -0.39 is 0 Å². The quantitative estimate of drug-likeness (QED) is 0.665. The SMILES string of the molecule is C[C@@]12CCC[C@H]1[C@@H]1CCC3(O)CCCC[C@]3(C)[C@H]1CC2. The van der Waals surface area contributed by atoms with Crippen LogP contribution in [0.3, 0.4) is 0 Å². The molecular weight excluding hydrogens is 244 g/mol. The van der Waals surface area contributed by atoms with Gasteiger partial charge in [0.15, 0.2) is 0 Å². The van der Waals surface area contributed by atoms with Gasteiger partial charge in [-0.15, -0.1) is 0 Å². The fourth-order valence-electron chi connectivity index (χ4n) is 7.25. The normalized spacial score (nSPS) is 58.6. The summed E-state index contributed by atoms with van der Waals surface area (Å²) < 4.78 is 0. The van der Waals surface area contributed by atoms with Crippen molar-refractivity contribution in [1.29, 1.82) is 0 Å². The van der Waals surface area contributed by atoms with Crippen LogP contribution in [0.4, 0.5) is 0 Å². The van der Waals surface area contributed by atoms with Crippen molar-refractivity contribution in [3.05, 3.63) is 0 Å². The van der Waals surface area contributed by atoms with Gasteiger partial charge in [0.25, 0.3) is 0 Å². The lowest BCUT2D eigenvalue weighted by molar-refractivity contribution is -0.202. The van der Waals surface area contributed by atoms with Gasteiger partial charge < -0.3 is 5.11 Å². The Bertz CT molecular complexity index is 405. The van der Waals surface area contributed by atoms with Crippen molar-refractivity contribution in [2.24, 2.45) is 28.6 Å². The standard InChI is InChI=1S/C19H32O/c1-17-9-5-6-15(17)14-7-13-19(20)11-4-3-10-18(19,2)16(14)8-12-17/h14-16,20H,3-13H2,1-2H3/t14-,15-,16-,17-,18+,19?/m0/s1. The molecule has 1 heteroatoms. The van der Waals surface area contributed by atoms with Gasteiger partial charge >= 0.3 is 0 Å². The fraction of sp³-hybridized carbons (Fsp3) is 1.00. The van der Waals surface area contributed by atoms with Gasteiger partial charge in [-0.1, -0.05) is 33.1 Å². The van der Waals surface area contributed by atoms with E-state index in [0.717, 1.165) is 30.6 Å². The van der Waals surface area contributed by atoms with Crippen LogP contribution in [-0.4, -0.2) is 10.7 Å². The summed E-state index contributed by atoms with van der Waals surface area (Å²) in [6, 6.07) is 0. The molecule has 4 aliphatic carbocycles. The summed E-state index contributed by atoms with van der Waals surface area (Å²) >= 11 is 0. The Balaban J connectivity index is 1.68. The summed E-state index contributed by atoms with van der Waals surface area (Å²) in [6.45, 7) is 5.03. The maximum absolute atomic E-state index is 11.3. The van der Waals surface area contributed by atoms with Crippen LogP contribution in [0.15, 0.2) is 0 Å². The predicted molar refractivity (Wildman–Crippen MR) is 82.4 cm³/mol. The topological polar surface area (TPSA) is 20.2 Å². The first kappa shape index (κ1) is 13.6. The molecule has 4 aliphatic rings. The third-order valence-corrected chi connectivity index (χ3v) is 8.53. The third kappa shape index (κ3) is 1.59. The van der Waals surface area contributed by atoms with Crippen LogP contribution in [0.1, 0.15) is 84.5 Å². The molecule has 0 aromatic rings. The Morgan fingerprint density at radius 2 is 1.55 bits per heavy atom. The molecule has 1 nitrogen and oxygen atoms in total. The smallest absolute Gasteiger partial charge is 0.0703 e. The van der Waals surface area contributed by atoms with Crippen molar-refractivity contribution >= 4 is 0 Å². The van der Waals surface area contributed by atoms with Crippen molar-refractivity contribution < 1.29 is 5.11 Å². The molecule has 1 N–H and O–H groups in total.